The zero-order valence-electron chi connectivity index (χ0n) is 15.9. The topological polar surface area (TPSA) is 71.0 Å². The average molecular weight is 396 g/mol. The van der Waals surface area contributed by atoms with Crippen molar-refractivity contribution in [2.24, 2.45) is 0 Å². The van der Waals surface area contributed by atoms with Crippen molar-refractivity contribution in [3.8, 4) is 0 Å². The highest BCUT2D eigenvalue weighted by atomic mass is 35.5. The zero-order valence-corrected chi connectivity index (χ0v) is 16.6. The lowest BCUT2D eigenvalue weighted by Crippen LogP contribution is -2.30. The molecule has 1 amide bonds. The van der Waals surface area contributed by atoms with E-state index in [-0.39, 0.29) is 5.91 Å². The number of hydrogen-bond acceptors (Lipinski definition) is 5. The van der Waals surface area contributed by atoms with Crippen LogP contribution in [0, 0.1) is 6.92 Å². The highest BCUT2D eigenvalue weighted by molar-refractivity contribution is 6.30. The summed E-state index contributed by atoms with van der Waals surface area (Å²) in [6, 6.07) is 13.2. The molecule has 0 unspecified atom stereocenters. The van der Waals surface area contributed by atoms with E-state index in [1.165, 1.54) is 0 Å². The maximum Gasteiger partial charge on any atom is 0.272 e. The third-order valence-corrected chi connectivity index (χ3v) is 4.53. The first kappa shape index (κ1) is 19.8. The maximum atomic E-state index is 12.8. The first-order valence-corrected chi connectivity index (χ1v) is 9.37. The number of amides is 1. The number of carbonyl (C=O) groups is 1. The number of halogens is 1. The second-order valence-electron chi connectivity index (χ2n) is 6.50. The number of aryl methyl sites for hydroxylation is 1. The predicted molar refractivity (Wildman–Crippen MR) is 110 cm³/mol. The Morgan fingerprint density at radius 2 is 1.79 bits per heavy atom. The molecule has 6 nitrogen and oxygen atoms in total. The summed E-state index contributed by atoms with van der Waals surface area (Å²) < 4.78 is 0. The lowest BCUT2D eigenvalue weighted by molar-refractivity contribution is 0.0790. The fourth-order valence-corrected chi connectivity index (χ4v) is 2.83. The number of carbonyl (C=O) groups excluding carboxylic acids is 1. The molecule has 3 rings (SSSR count). The summed E-state index contributed by atoms with van der Waals surface area (Å²) in [5.41, 5.74) is 2.59. The molecule has 0 atom stereocenters. The van der Waals surface area contributed by atoms with E-state index in [9.17, 15) is 4.79 Å². The zero-order chi connectivity index (χ0) is 19.9. The number of pyridine rings is 1. The Balaban J connectivity index is 1.64. The summed E-state index contributed by atoms with van der Waals surface area (Å²) in [6.07, 6.45) is 4.27. The average Bonchev–Trinajstić information content (AvgIpc) is 2.71. The SMILES string of the molecule is Cc1nc(NCc2ccc(Cl)cc2)cc(C(=O)N(C)CCc2ccncc2)n1. The summed E-state index contributed by atoms with van der Waals surface area (Å²) in [5.74, 6) is 1.04. The fourth-order valence-electron chi connectivity index (χ4n) is 2.71. The van der Waals surface area contributed by atoms with Crippen molar-refractivity contribution in [2.45, 2.75) is 19.9 Å². The third-order valence-electron chi connectivity index (χ3n) is 4.28. The van der Waals surface area contributed by atoms with Crippen LogP contribution in [-0.4, -0.2) is 39.4 Å². The van der Waals surface area contributed by atoms with E-state index in [1.54, 1.807) is 37.3 Å². The minimum Gasteiger partial charge on any atom is -0.366 e. The highest BCUT2D eigenvalue weighted by Gasteiger charge is 2.15. The summed E-state index contributed by atoms with van der Waals surface area (Å²) in [6.45, 7) is 2.96. The third kappa shape index (κ3) is 5.50. The number of nitrogens with one attached hydrogen (secondary N) is 1. The first-order valence-electron chi connectivity index (χ1n) is 8.99. The van der Waals surface area contributed by atoms with Gasteiger partial charge in [-0.05, 0) is 48.7 Å². The van der Waals surface area contributed by atoms with Crippen LogP contribution in [0.2, 0.25) is 5.02 Å². The van der Waals surface area contributed by atoms with Gasteiger partial charge in [-0.2, -0.15) is 0 Å². The van der Waals surface area contributed by atoms with Gasteiger partial charge >= 0.3 is 0 Å². The van der Waals surface area contributed by atoms with Crippen LogP contribution in [0.1, 0.15) is 27.4 Å². The van der Waals surface area contributed by atoms with Gasteiger partial charge in [0.25, 0.3) is 5.91 Å². The van der Waals surface area contributed by atoms with Crippen LogP contribution in [0.25, 0.3) is 0 Å². The molecular weight excluding hydrogens is 374 g/mol. The van der Waals surface area contributed by atoms with Crippen LogP contribution >= 0.6 is 11.6 Å². The fraction of sp³-hybridized carbons (Fsp3) is 0.238. The van der Waals surface area contributed by atoms with E-state index >= 15 is 0 Å². The second kappa shape index (κ2) is 9.28. The second-order valence-corrected chi connectivity index (χ2v) is 6.93. The molecule has 0 aliphatic heterocycles. The van der Waals surface area contributed by atoms with Gasteiger partial charge < -0.3 is 10.2 Å². The van der Waals surface area contributed by atoms with Gasteiger partial charge in [-0.25, -0.2) is 9.97 Å². The van der Waals surface area contributed by atoms with E-state index < -0.39 is 0 Å². The van der Waals surface area contributed by atoms with Crippen molar-refractivity contribution < 1.29 is 4.79 Å². The van der Waals surface area contributed by atoms with E-state index in [0.717, 1.165) is 17.5 Å². The van der Waals surface area contributed by atoms with E-state index in [1.807, 2.05) is 36.4 Å². The number of benzene rings is 1. The lowest BCUT2D eigenvalue weighted by atomic mass is 10.2. The molecule has 0 fully saturated rings. The molecule has 0 saturated heterocycles. The number of rotatable bonds is 7. The number of likely N-dealkylation sites (N-methyl/N-ethyl adjacent to an activating group) is 1. The van der Waals surface area contributed by atoms with Crippen LogP contribution < -0.4 is 5.32 Å². The van der Waals surface area contributed by atoms with Crippen molar-refractivity contribution >= 4 is 23.3 Å². The summed E-state index contributed by atoms with van der Waals surface area (Å²) >= 11 is 5.91. The van der Waals surface area contributed by atoms with Crippen molar-refractivity contribution in [1.82, 2.24) is 19.9 Å². The van der Waals surface area contributed by atoms with E-state index in [0.29, 0.717) is 35.4 Å². The molecule has 0 aliphatic carbocycles. The van der Waals surface area contributed by atoms with Crippen LogP contribution in [0.15, 0.2) is 54.9 Å². The lowest BCUT2D eigenvalue weighted by Gasteiger charge is -2.17. The van der Waals surface area contributed by atoms with Crippen LogP contribution in [-0.2, 0) is 13.0 Å². The Morgan fingerprint density at radius 1 is 1.07 bits per heavy atom. The Hall–Kier alpha value is -2.99. The van der Waals surface area contributed by atoms with Crippen LogP contribution in [0.4, 0.5) is 5.82 Å². The largest absolute Gasteiger partial charge is 0.366 e. The molecule has 1 N–H and O–H groups in total. The molecule has 0 aliphatic rings. The summed E-state index contributed by atoms with van der Waals surface area (Å²) in [4.78, 5) is 27.1. The van der Waals surface area contributed by atoms with Gasteiger partial charge in [0.05, 0.1) is 0 Å². The van der Waals surface area contributed by atoms with Gasteiger partial charge in [0.2, 0.25) is 0 Å². The number of nitrogens with zero attached hydrogens (tertiary/aromatic N) is 4. The molecule has 0 radical (unpaired) electrons. The predicted octanol–water partition coefficient (Wildman–Crippen LogP) is 3.76. The molecular formula is C21H22ClN5O. The monoisotopic (exact) mass is 395 g/mol. The van der Waals surface area contributed by atoms with Gasteiger partial charge in [-0.15, -0.1) is 0 Å². The van der Waals surface area contributed by atoms with Crippen molar-refractivity contribution in [2.75, 3.05) is 18.9 Å². The number of anilines is 1. The molecule has 3 aromatic rings. The molecule has 2 aromatic heterocycles. The van der Waals surface area contributed by atoms with Crippen molar-refractivity contribution in [1.29, 1.82) is 0 Å². The van der Waals surface area contributed by atoms with Gasteiger partial charge in [-0.3, -0.25) is 9.78 Å². The van der Waals surface area contributed by atoms with Gasteiger partial charge in [-0.1, -0.05) is 23.7 Å². The Bertz CT molecular complexity index is 931. The van der Waals surface area contributed by atoms with Gasteiger partial charge in [0.1, 0.15) is 17.3 Å². The van der Waals surface area contributed by atoms with Crippen molar-refractivity contribution in [3.63, 3.8) is 0 Å². The molecule has 28 heavy (non-hydrogen) atoms. The molecule has 7 heteroatoms. The summed E-state index contributed by atoms with van der Waals surface area (Å²) in [5, 5.41) is 3.94. The number of hydrogen-bond donors (Lipinski definition) is 1. The van der Waals surface area contributed by atoms with Crippen molar-refractivity contribution in [3.05, 3.63) is 82.5 Å². The maximum absolute atomic E-state index is 12.8. The first-order chi connectivity index (χ1) is 13.5. The Morgan fingerprint density at radius 3 is 2.50 bits per heavy atom. The minimum atomic E-state index is -0.130. The standard InChI is InChI=1S/C21H22ClN5O/c1-15-25-19(21(28)27(2)12-9-16-7-10-23-11-8-16)13-20(26-15)24-14-17-3-5-18(22)6-4-17/h3-8,10-11,13H,9,12,14H2,1-2H3,(H,24,25,26). The Kier molecular flexibility index (Phi) is 6.55. The molecule has 0 bridgehead atoms. The molecule has 1 aromatic carbocycles. The van der Waals surface area contributed by atoms with E-state index in [4.69, 9.17) is 11.6 Å². The molecule has 0 spiro atoms. The Labute approximate surface area is 169 Å². The quantitative estimate of drug-likeness (QED) is 0.659. The molecule has 144 valence electrons. The molecule has 0 saturated carbocycles. The van der Waals surface area contributed by atoms with Crippen LogP contribution in [0.3, 0.4) is 0 Å². The van der Waals surface area contributed by atoms with E-state index in [2.05, 4.69) is 20.3 Å². The van der Waals surface area contributed by atoms with Gasteiger partial charge in [0.15, 0.2) is 0 Å². The minimum absolute atomic E-state index is 0.130. The smallest absolute Gasteiger partial charge is 0.272 e. The highest BCUT2D eigenvalue weighted by Crippen LogP contribution is 2.13. The van der Waals surface area contributed by atoms with Crippen LogP contribution in [0.5, 0.6) is 0 Å². The normalized spacial score (nSPS) is 10.5. The summed E-state index contributed by atoms with van der Waals surface area (Å²) in [7, 11) is 1.78. The molecule has 2 heterocycles. The number of aromatic nitrogens is 3. The van der Waals surface area contributed by atoms with Gasteiger partial charge in [0, 0.05) is 43.6 Å².